The topological polar surface area (TPSA) is 108 Å². The Morgan fingerprint density at radius 1 is 0.486 bits per heavy atom. The van der Waals surface area contributed by atoms with Crippen molar-refractivity contribution in [2.75, 3.05) is 40.9 Å². The van der Waals surface area contributed by atoms with E-state index in [1.165, 1.54) is 231 Å². The van der Waals surface area contributed by atoms with Crippen molar-refractivity contribution in [2.45, 2.75) is 309 Å². The number of aliphatic hydroxyl groups excluding tert-OH is 1. The second-order valence-electron chi connectivity index (χ2n) is 22.0. The highest BCUT2D eigenvalue weighted by molar-refractivity contribution is 7.45. The van der Waals surface area contributed by atoms with Crippen LogP contribution in [0.5, 0.6) is 0 Å². The molecule has 0 aliphatic carbocycles. The lowest BCUT2D eigenvalue weighted by atomic mass is 10.0. The van der Waals surface area contributed by atoms with Crippen molar-refractivity contribution in [3.63, 3.8) is 0 Å². The summed E-state index contributed by atoms with van der Waals surface area (Å²) >= 11 is 0. The van der Waals surface area contributed by atoms with Crippen LogP contribution in [-0.4, -0.2) is 68.5 Å². The molecule has 2 N–H and O–H groups in total. The van der Waals surface area contributed by atoms with Crippen LogP contribution in [0.15, 0.2) is 36.5 Å². The van der Waals surface area contributed by atoms with Crippen LogP contribution in [0.2, 0.25) is 0 Å². The number of carbonyl (C=O) groups is 1. The SMILES string of the molecule is CCCCCCCCCCCCC/C=C/CC/C=C/CC/C=C/C(O)C(COP(=O)([O-])OCC[N+](C)(C)C)NC(=O)CCCCCCCCCCCCCCCCCCCCCCCCCCCCC. The second-order valence-corrected chi connectivity index (χ2v) is 23.5. The summed E-state index contributed by atoms with van der Waals surface area (Å²) in [6.07, 6.45) is 68.1. The second kappa shape index (κ2) is 52.6. The highest BCUT2D eigenvalue weighted by Gasteiger charge is 2.23. The number of phosphoric acid groups is 1. The number of nitrogens with one attached hydrogen (secondary N) is 1. The van der Waals surface area contributed by atoms with Gasteiger partial charge in [0.15, 0.2) is 0 Å². The quantitative estimate of drug-likeness (QED) is 0.0272. The summed E-state index contributed by atoms with van der Waals surface area (Å²) < 4.78 is 23.3. The van der Waals surface area contributed by atoms with Crippen molar-refractivity contribution in [2.24, 2.45) is 0 Å². The van der Waals surface area contributed by atoms with Gasteiger partial charge in [-0.2, -0.15) is 0 Å². The summed E-state index contributed by atoms with van der Waals surface area (Å²) in [5.41, 5.74) is 0. The number of quaternary nitrogens is 1. The van der Waals surface area contributed by atoms with E-state index >= 15 is 0 Å². The molecule has 0 aliphatic heterocycles. The van der Waals surface area contributed by atoms with Gasteiger partial charge in [-0.1, -0.05) is 281 Å². The number of hydrogen-bond donors (Lipinski definition) is 2. The summed E-state index contributed by atoms with van der Waals surface area (Å²) in [6.45, 7) is 4.66. The van der Waals surface area contributed by atoms with E-state index in [4.69, 9.17) is 9.05 Å². The fourth-order valence-corrected chi connectivity index (χ4v) is 9.79. The molecule has 0 fully saturated rings. The zero-order valence-electron chi connectivity index (χ0n) is 47.2. The molecule has 3 atom stereocenters. The van der Waals surface area contributed by atoms with Gasteiger partial charge in [0.25, 0.3) is 7.82 Å². The molecule has 0 heterocycles. The van der Waals surface area contributed by atoms with Gasteiger partial charge in [-0.15, -0.1) is 0 Å². The molecular weight excluding hydrogens is 888 g/mol. The van der Waals surface area contributed by atoms with E-state index in [1.54, 1.807) is 6.08 Å². The zero-order valence-corrected chi connectivity index (χ0v) is 48.1. The molecule has 0 bridgehead atoms. The largest absolute Gasteiger partial charge is 0.756 e. The van der Waals surface area contributed by atoms with Crippen LogP contribution in [0.3, 0.4) is 0 Å². The zero-order chi connectivity index (χ0) is 51.3. The van der Waals surface area contributed by atoms with Gasteiger partial charge in [-0.05, 0) is 44.9 Å². The summed E-state index contributed by atoms with van der Waals surface area (Å²) in [5, 5.41) is 13.9. The molecule has 9 heteroatoms. The normalized spacial score (nSPS) is 14.1. The molecule has 70 heavy (non-hydrogen) atoms. The minimum atomic E-state index is -4.61. The third-order valence-corrected chi connectivity index (χ3v) is 14.8. The Hall–Kier alpha value is -1.28. The molecule has 8 nitrogen and oxygen atoms in total. The summed E-state index contributed by atoms with van der Waals surface area (Å²) in [7, 11) is 1.25. The van der Waals surface area contributed by atoms with Gasteiger partial charge in [0.2, 0.25) is 5.91 Å². The van der Waals surface area contributed by atoms with E-state index in [1.807, 2.05) is 27.2 Å². The predicted molar refractivity (Wildman–Crippen MR) is 302 cm³/mol. The van der Waals surface area contributed by atoms with Gasteiger partial charge in [-0.25, -0.2) is 0 Å². The average Bonchev–Trinajstić information content (AvgIpc) is 3.32. The highest BCUT2D eigenvalue weighted by atomic mass is 31.2. The molecule has 0 spiro atoms. The number of allylic oxidation sites excluding steroid dienone is 5. The Morgan fingerprint density at radius 2 is 0.800 bits per heavy atom. The number of phosphoric ester groups is 1. The minimum Gasteiger partial charge on any atom is -0.756 e. The first-order valence-corrected chi connectivity index (χ1v) is 31.8. The summed E-state index contributed by atoms with van der Waals surface area (Å²) in [6, 6.07) is -0.908. The molecular formula is C61H119N2O6P. The number of aliphatic hydroxyl groups is 1. The number of carbonyl (C=O) groups excluding carboxylic acids is 1. The Balaban J connectivity index is 4.19. The molecule has 0 rings (SSSR count). The molecule has 0 saturated carbocycles. The first-order valence-electron chi connectivity index (χ1n) is 30.4. The average molecular weight is 1010 g/mol. The van der Waals surface area contributed by atoms with Crippen molar-refractivity contribution < 1.29 is 32.9 Å². The van der Waals surface area contributed by atoms with E-state index in [2.05, 4.69) is 43.5 Å². The van der Waals surface area contributed by atoms with Gasteiger partial charge in [-0.3, -0.25) is 9.36 Å². The maximum atomic E-state index is 13.0. The smallest absolute Gasteiger partial charge is 0.268 e. The lowest BCUT2D eigenvalue weighted by molar-refractivity contribution is -0.870. The van der Waals surface area contributed by atoms with Crippen LogP contribution in [0.1, 0.15) is 296 Å². The number of amides is 1. The molecule has 0 saturated heterocycles. The fraction of sp³-hybridized carbons (Fsp3) is 0.885. The Kier molecular flexibility index (Phi) is 51.6. The Bertz CT molecular complexity index is 1230. The number of unbranched alkanes of at least 4 members (excludes halogenated alkanes) is 39. The third kappa shape index (κ3) is 54.5. The summed E-state index contributed by atoms with van der Waals surface area (Å²) in [5.74, 6) is -0.205. The fourth-order valence-electron chi connectivity index (χ4n) is 9.07. The molecule has 414 valence electrons. The molecule has 0 radical (unpaired) electrons. The first-order chi connectivity index (χ1) is 34.0. The number of likely N-dealkylation sites (N-methyl/N-ethyl adjacent to an activating group) is 1. The first kappa shape index (κ1) is 68.7. The van der Waals surface area contributed by atoms with E-state index in [9.17, 15) is 19.4 Å². The van der Waals surface area contributed by atoms with Crippen LogP contribution in [0.25, 0.3) is 0 Å². The van der Waals surface area contributed by atoms with Gasteiger partial charge in [0.05, 0.1) is 39.9 Å². The predicted octanol–water partition coefficient (Wildman–Crippen LogP) is 17.9. The van der Waals surface area contributed by atoms with Gasteiger partial charge in [0.1, 0.15) is 13.2 Å². The molecule has 0 aromatic carbocycles. The van der Waals surface area contributed by atoms with Crippen LogP contribution >= 0.6 is 7.82 Å². The van der Waals surface area contributed by atoms with E-state index in [0.717, 1.165) is 44.9 Å². The maximum Gasteiger partial charge on any atom is 0.268 e. The van der Waals surface area contributed by atoms with Gasteiger partial charge in [0, 0.05) is 6.42 Å². The lowest BCUT2D eigenvalue weighted by Gasteiger charge is -2.29. The molecule has 0 aliphatic rings. The van der Waals surface area contributed by atoms with Crippen molar-refractivity contribution in [3.8, 4) is 0 Å². The van der Waals surface area contributed by atoms with Gasteiger partial charge >= 0.3 is 0 Å². The van der Waals surface area contributed by atoms with Crippen LogP contribution < -0.4 is 10.2 Å². The molecule has 0 aromatic rings. The van der Waals surface area contributed by atoms with Crippen molar-refractivity contribution >= 4 is 13.7 Å². The number of nitrogens with zero attached hydrogens (tertiary/aromatic N) is 1. The van der Waals surface area contributed by atoms with Crippen molar-refractivity contribution in [1.82, 2.24) is 5.32 Å². The number of rotatable bonds is 56. The lowest BCUT2D eigenvalue weighted by Crippen LogP contribution is -2.45. The Morgan fingerprint density at radius 3 is 1.16 bits per heavy atom. The van der Waals surface area contributed by atoms with Crippen LogP contribution in [0.4, 0.5) is 0 Å². The minimum absolute atomic E-state index is 0.00730. The van der Waals surface area contributed by atoms with Crippen molar-refractivity contribution in [1.29, 1.82) is 0 Å². The van der Waals surface area contributed by atoms with Crippen LogP contribution in [-0.2, 0) is 18.4 Å². The third-order valence-electron chi connectivity index (χ3n) is 13.8. The molecule has 1 amide bonds. The van der Waals surface area contributed by atoms with E-state index in [-0.39, 0.29) is 12.5 Å². The monoisotopic (exact) mass is 1010 g/mol. The summed E-state index contributed by atoms with van der Waals surface area (Å²) in [4.78, 5) is 25.5. The standard InChI is InChI=1S/C61H119N2O6P/c1-6-8-10-12-14-16-18-20-22-24-26-28-29-30-31-32-33-35-37-39-41-43-45-47-49-51-53-55-61(65)62-59(58-69-70(66,67)68-57-56-63(3,4)5)60(64)54-52-50-48-46-44-42-40-38-36-34-27-25-23-21-19-17-15-13-11-9-7-2/h36,38,44,46,52,54,59-60,64H,6-35,37,39-43,45,47-51,53,55-58H2,1-5H3,(H-,62,65,66,67)/b38-36+,46-44+,54-52+. The van der Waals surface area contributed by atoms with Crippen molar-refractivity contribution in [3.05, 3.63) is 36.5 Å². The van der Waals surface area contributed by atoms with E-state index < -0.39 is 26.6 Å². The highest BCUT2D eigenvalue weighted by Crippen LogP contribution is 2.38. The van der Waals surface area contributed by atoms with Gasteiger partial charge < -0.3 is 28.8 Å². The molecule has 0 aromatic heterocycles. The molecule has 3 unspecified atom stereocenters. The van der Waals surface area contributed by atoms with E-state index in [0.29, 0.717) is 17.4 Å². The van der Waals surface area contributed by atoms with Crippen LogP contribution in [0, 0.1) is 0 Å². The number of hydrogen-bond acceptors (Lipinski definition) is 6. The maximum absolute atomic E-state index is 13.0. The Labute approximate surface area is 436 Å².